The zero-order valence-electron chi connectivity index (χ0n) is 15.3. The molecule has 4 N–H and O–H groups in total. The van der Waals surface area contributed by atoms with E-state index >= 15 is 0 Å². The average Bonchev–Trinajstić information content (AvgIpc) is 2.62. The van der Waals surface area contributed by atoms with Crippen LogP contribution in [0.1, 0.15) is 10.4 Å². The number of nitrogens with zero attached hydrogens (tertiary/aromatic N) is 3. The normalized spacial score (nSPS) is 14.6. The number of anilines is 1. The fourth-order valence-corrected chi connectivity index (χ4v) is 3.55. The number of benzene rings is 1. The van der Waals surface area contributed by atoms with Gasteiger partial charge in [0.2, 0.25) is 5.43 Å². The Kier molecular flexibility index (Phi) is 4.48. The second-order valence-corrected chi connectivity index (χ2v) is 6.99. The van der Waals surface area contributed by atoms with Crippen LogP contribution < -0.4 is 21.4 Å². The first-order chi connectivity index (χ1) is 13.4. The molecule has 3 aromatic rings. The number of nitrogens with two attached hydrogens (primary N) is 1. The van der Waals surface area contributed by atoms with Gasteiger partial charge in [0, 0.05) is 50.9 Å². The molecule has 0 radical (unpaired) electrons. The van der Waals surface area contributed by atoms with Crippen molar-refractivity contribution in [3.63, 3.8) is 0 Å². The standard InChI is InChI=1S/C19H20FN5O3/c1-24-9-13(19(27)28)17(26)12-4-10-5-14(20)16(6-15(10)23-18(12)24)25-7-11(8-25)22-3-2-21/h4-6,9,11,22H,2-3,7-8,21H2,1H3,(H,27,28). The lowest BCUT2D eigenvalue weighted by Crippen LogP contribution is -2.59. The van der Waals surface area contributed by atoms with Crippen molar-refractivity contribution in [1.29, 1.82) is 0 Å². The molecule has 9 heteroatoms. The Morgan fingerprint density at radius 2 is 2.14 bits per heavy atom. The highest BCUT2D eigenvalue weighted by atomic mass is 19.1. The highest BCUT2D eigenvalue weighted by Gasteiger charge is 2.28. The van der Waals surface area contributed by atoms with Crippen molar-refractivity contribution in [1.82, 2.24) is 14.9 Å². The van der Waals surface area contributed by atoms with Crippen LogP contribution in [-0.2, 0) is 7.05 Å². The Bertz CT molecular complexity index is 1150. The van der Waals surface area contributed by atoms with Crippen molar-refractivity contribution in [2.24, 2.45) is 12.8 Å². The Labute approximate surface area is 159 Å². The van der Waals surface area contributed by atoms with E-state index in [1.165, 1.54) is 22.9 Å². The van der Waals surface area contributed by atoms with Gasteiger partial charge in [-0.25, -0.2) is 14.2 Å². The molecule has 8 nitrogen and oxygen atoms in total. The Morgan fingerprint density at radius 1 is 1.39 bits per heavy atom. The number of fused-ring (bicyclic) bond motifs is 2. The summed E-state index contributed by atoms with van der Waals surface area (Å²) in [6.45, 7) is 2.63. The van der Waals surface area contributed by atoms with E-state index in [0.717, 1.165) is 6.54 Å². The summed E-state index contributed by atoms with van der Waals surface area (Å²) >= 11 is 0. The maximum atomic E-state index is 14.7. The molecule has 1 aliphatic heterocycles. The van der Waals surface area contributed by atoms with Crippen LogP contribution in [-0.4, -0.2) is 52.8 Å². The largest absolute Gasteiger partial charge is 0.477 e. The minimum absolute atomic E-state index is 0.150. The highest BCUT2D eigenvalue weighted by molar-refractivity contribution is 5.96. The number of pyridine rings is 2. The van der Waals surface area contributed by atoms with E-state index < -0.39 is 17.2 Å². The summed E-state index contributed by atoms with van der Waals surface area (Å²) in [5.41, 5.74) is 5.86. The fraction of sp³-hybridized carbons (Fsp3) is 0.316. The molecule has 1 saturated heterocycles. The number of aryl methyl sites for hydroxylation is 1. The SMILES string of the molecule is Cn1cc(C(=O)O)c(=O)c2cc3cc(F)c(N4CC(NCCN)C4)cc3nc21. The van der Waals surface area contributed by atoms with E-state index in [-0.39, 0.29) is 17.0 Å². The van der Waals surface area contributed by atoms with Gasteiger partial charge in [-0.3, -0.25) is 4.79 Å². The van der Waals surface area contributed by atoms with Gasteiger partial charge in [-0.05, 0) is 18.2 Å². The third-order valence-electron chi connectivity index (χ3n) is 5.04. The van der Waals surface area contributed by atoms with Gasteiger partial charge in [-0.15, -0.1) is 0 Å². The van der Waals surface area contributed by atoms with Crippen LogP contribution in [0, 0.1) is 5.82 Å². The van der Waals surface area contributed by atoms with Crippen LogP contribution in [0.3, 0.4) is 0 Å². The fourth-order valence-electron chi connectivity index (χ4n) is 3.55. The summed E-state index contributed by atoms with van der Waals surface area (Å²) in [6, 6.07) is 4.78. The second-order valence-electron chi connectivity index (χ2n) is 6.99. The van der Waals surface area contributed by atoms with Crippen LogP contribution in [0.2, 0.25) is 0 Å². The molecule has 4 rings (SSSR count). The molecular formula is C19H20FN5O3. The molecule has 1 aliphatic rings. The molecule has 0 bridgehead atoms. The van der Waals surface area contributed by atoms with Crippen LogP contribution in [0.4, 0.5) is 10.1 Å². The molecule has 0 saturated carbocycles. The molecule has 3 heterocycles. The first kappa shape index (κ1) is 18.3. The first-order valence-electron chi connectivity index (χ1n) is 8.94. The number of hydrogen-bond donors (Lipinski definition) is 3. The number of aromatic carboxylic acids is 1. The van der Waals surface area contributed by atoms with E-state index in [1.807, 2.05) is 4.90 Å². The summed E-state index contributed by atoms with van der Waals surface area (Å²) in [5, 5.41) is 13.1. The van der Waals surface area contributed by atoms with Gasteiger partial charge in [-0.1, -0.05) is 0 Å². The van der Waals surface area contributed by atoms with Gasteiger partial charge < -0.3 is 25.6 Å². The van der Waals surface area contributed by atoms with Crippen molar-refractivity contribution in [3.05, 3.63) is 46.0 Å². The molecule has 0 aliphatic carbocycles. The second kappa shape index (κ2) is 6.84. The molecule has 2 aromatic heterocycles. The van der Waals surface area contributed by atoms with Crippen molar-refractivity contribution < 1.29 is 14.3 Å². The lowest BCUT2D eigenvalue weighted by Gasteiger charge is -2.41. The summed E-state index contributed by atoms with van der Waals surface area (Å²) in [7, 11) is 1.63. The van der Waals surface area contributed by atoms with Gasteiger partial charge >= 0.3 is 5.97 Å². The predicted molar refractivity (Wildman–Crippen MR) is 104 cm³/mol. The smallest absolute Gasteiger partial charge is 0.341 e. The Balaban J connectivity index is 1.77. The lowest BCUT2D eigenvalue weighted by atomic mass is 10.1. The van der Waals surface area contributed by atoms with Gasteiger partial charge in [0.05, 0.1) is 16.6 Å². The third kappa shape index (κ3) is 2.98. The van der Waals surface area contributed by atoms with E-state index in [4.69, 9.17) is 5.73 Å². The number of hydrogen-bond acceptors (Lipinski definition) is 6. The first-order valence-corrected chi connectivity index (χ1v) is 8.94. The number of aromatic nitrogens is 2. The zero-order valence-corrected chi connectivity index (χ0v) is 15.3. The number of nitrogens with one attached hydrogen (secondary N) is 1. The average molecular weight is 385 g/mol. The molecular weight excluding hydrogens is 365 g/mol. The van der Waals surface area contributed by atoms with Crippen LogP contribution in [0.5, 0.6) is 0 Å². The molecule has 1 aromatic carbocycles. The van der Waals surface area contributed by atoms with Gasteiger partial charge in [0.25, 0.3) is 0 Å². The molecule has 1 fully saturated rings. The van der Waals surface area contributed by atoms with E-state index in [0.29, 0.717) is 41.9 Å². The number of carboxylic acids is 1. The topological polar surface area (TPSA) is 113 Å². The van der Waals surface area contributed by atoms with Crippen LogP contribution >= 0.6 is 0 Å². The number of carbonyl (C=O) groups is 1. The number of carboxylic acid groups (broad SMARTS) is 1. The third-order valence-corrected chi connectivity index (χ3v) is 5.04. The lowest BCUT2D eigenvalue weighted by molar-refractivity contribution is 0.0695. The van der Waals surface area contributed by atoms with Gasteiger partial charge in [0.1, 0.15) is 17.0 Å². The summed E-state index contributed by atoms with van der Waals surface area (Å²) in [4.78, 5) is 30.1. The zero-order chi connectivity index (χ0) is 20.0. The molecule has 0 spiro atoms. The molecule has 146 valence electrons. The molecule has 0 amide bonds. The van der Waals surface area contributed by atoms with Crippen molar-refractivity contribution in [2.45, 2.75) is 6.04 Å². The summed E-state index contributed by atoms with van der Waals surface area (Å²) in [6.07, 6.45) is 1.25. The van der Waals surface area contributed by atoms with E-state index in [1.54, 1.807) is 13.1 Å². The molecule has 0 atom stereocenters. The molecule has 28 heavy (non-hydrogen) atoms. The van der Waals surface area contributed by atoms with Crippen molar-refractivity contribution >= 4 is 33.6 Å². The van der Waals surface area contributed by atoms with Gasteiger partial charge in [-0.2, -0.15) is 0 Å². The summed E-state index contributed by atoms with van der Waals surface area (Å²) in [5.74, 6) is -1.71. The van der Waals surface area contributed by atoms with E-state index in [2.05, 4.69) is 10.3 Å². The summed E-state index contributed by atoms with van der Waals surface area (Å²) < 4.78 is 16.2. The van der Waals surface area contributed by atoms with Crippen LogP contribution in [0.25, 0.3) is 21.9 Å². The minimum atomic E-state index is -1.31. The molecule has 0 unspecified atom stereocenters. The maximum Gasteiger partial charge on any atom is 0.341 e. The monoisotopic (exact) mass is 385 g/mol. The quantitative estimate of drug-likeness (QED) is 0.553. The minimum Gasteiger partial charge on any atom is -0.477 e. The van der Waals surface area contributed by atoms with Crippen molar-refractivity contribution in [2.75, 3.05) is 31.1 Å². The Morgan fingerprint density at radius 3 is 2.82 bits per heavy atom. The highest BCUT2D eigenvalue weighted by Crippen LogP contribution is 2.29. The van der Waals surface area contributed by atoms with E-state index in [9.17, 15) is 19.1 Å². The van der Waals surface area contributed by atoms with Crippen molar-refractivity contribution in [3.8, 4) is 0 Å². The number of rotatable bonds is 5. The predicted octanol–water partition coefficient (Wildman–Crippen LogP) is 0.661. The Hall–Kier alpha value is -3.04. The number of halogens is 1. The van der Waals surface area contributed by atoms with Gasteiger partial charge in [0.15, 0.2) is 0 Å². The maximum absolute atomic E-state index is 14.7. The van der Waals surface area contributed by atoms with Crippen LogP contribution in [0.15, 0.2) is 29.2 Å².